The Morgan fingerprint density at radius 3 is 2.61 bits per heavy atom. The van der Waals surface area contributed by atoms with Crippen LogP contribution in [0.3, 0.4) is 0 Å². The topological polar surface area (TPSA) is 72.7 Å². The Labute approximate surface area is 190 Å². The molecule has 0 radical (unpaired) electrons. The molecule has 0 fully saturated rings. The Balaban J connectivity index is 1.52. The number of fused-ring (bicyclic) bond motifs is 1. The maximum absolute atomic E-state index is 12.4. The highest BCUT2D eigenvalue weighted by molar-refractivity contribution is 8.00. The summed E-state index contributed by atoms with van der Waals surface area (Å²) in [6.45, 7) is 6.45. The van der Waals surface area contributed by atoms with Crippen LogP contribution in [-0.4, -0.2) is 31.6 Å². The normalized spacial score (nSPS) is 11.1. The van der Waals surface area contributed by atoms with Gasteiger partial charge in [0.05, 0.1) is 22.8 Å². The zero-order valence-corrected chi connectivity index (χ0v) is 19.1. The van der Waals surface area contributed by atoms with Gasteiger partial charge in [0.2, 0.25) is 5.91 Å². The molecule has 0 atom stereocenters. The maximum Gasteiger partial charge on any atom is 0.230 e. The molecular formula is C23H22ClN5OS. The van der Waals surface area contributed by atoms with Gasteiger partial charge in [0.1, 0.15) is 10.5 Å². The van der Waals surface area contributed by atoms with Crippen molar-refractivity contribution in [1.29, 1.82) is 0 Å². The number of thioether (sulfide) groups is 1. The molecule has 2 aromatic carbocycles. The number of nitrogens with zero attached hydrogens (tertiary/aromatic N) is 4. The number of aryl methyl sites for hydroxylation is 3. The Hall–Kier alpha value is -2.90. The summed E-state index contributed by atoms with van der Waals surface area (Å²) in [6, 6.07) is 15.6. The van der Waals surface area contributed by atoms with Crippen molar-refractivity contribution >= 4 is 40.2 Å². The first-order valence-electron chi connectivity index (χ1n) is 9.86. The van der Waals surface area contributed by atoms with Crippen molar-refractivity contribution in [1.82, 2.24) is 25.3 Å². The van der Waals surface area contributed by atoms with Gasteiger partial charge >= 0.3 is 0 Å². The molecule has 6 nitrogen and oxygen atoms in total. The van der Waals surface area contributed by atoms with E-state index in [-0.39, 0.29) is 11.7 Å². The number of rotatable bonds is 6. The van der Waals surface area contributed by atoms with E-state index < -0.39 is 0 Å². The second-order valence-electron chi connectivity index (χ2n) is 7.34. The molecule has 1 N–H and O–H groups in total. The number of carbonyl (C=O) groups is 1. The van der Waals surface area contributed by atoms with Crippen molar-refractivity contribution in [2.45, 2.75) is 32.3 Å². The summed E-state index contributed by atoms with van der Waals surface area (Å²) < 4.78 is 1.86. The molecule has 2 aromatic heterocycles. The molecule has 4 aromatic rings. The lowest BCUT2D eigenvalue weighted by molar-refractivity contribution is -0.118. The van der Waals surface area contributed by atoms with E-state index in [0.717, 1.165) is 33.5 Å². The van der Waals surface area contributed by atoms with Crippen LogP contribution in [0.5, 0.6) is 0 Å². The van der Waals surface area contributed by atoms with E-state index in [1.165, 1.54) is 17.3 Å². The van der Waals surface area contributed by atoms with Crippen molar-refractivity contribution in [3.63, 3.8) is 0 Å². The third-order valence-electron chi connectivity index (χ3n) is 4.95. The van der Waals surface area contributed by atoms with Gasteiger partial charge in [-0.2, -0.15) is 10.2 Å². The van der Waals surface area contributed by atoms with Gasteiger partial charge in [-0.15, -0.1) is 5.10 Å². The molecule has 158 valence electrons. The van der Waals surface area contributed by atoms with Crippen molar-refractivity contribution in [3.05, 3.63) is 76.1 Å². The van der Waals surface area contributed by atoms with Crippen LogP contribution in [0.1, 0.15) is 22.5 Å². The molecule has 0 unspecified atom stereocenters. The van der Waals surface area contributed by atoms with Gasteiger partial charge < -0.3 is 5.32 Å². The van der Waals surface area contributed by atoms with Crippen LogP contribution >= 0.6 is 23.4 Å². The van der Waals surface area contributed by atoms with Crippen LogP contribution < -0.4 is 5.32 Å². The molecule has 0 saturated heterocycles. The smallest absolute Gasteiger partial charge is 0.230 e. The van der Waals surface area contributed by atoms with E-state index in [2.05, 4.69) is 21.6 Å². The zero-order valence-electron chi connectivity index (χ0n) is 17.5. The Morgan fingerprint density at radius 1 is 1.10 bits per heavy atom. The summed E-state index contributed by atoms with van der Waals surface area (Å²) in [5, 5.41) is 18.6. The van der Waals surface area contributed by atoms with Gasteiger partial charge in [-0.1, -0.05) is 53.2 Å². The Bertz CT molecular complexity index is 1250. The highest BCUT2D eigenvalue weighted by Crippen LogP contribution is 2.30. The highest BCUT2D eigenvalue weighted by Gasteiger charge is 2.18. The van der Waals surface area contributed by atoms with Gasteiger partial charge in [-0.05, 0) is 50.6 Å². The second-order valence-corrected chi connectivity index (χ2v) is 8.74. The molecule has 1 amide bonds. The van der Waals surface area contributed by atoms with Crippen LogP contribution in [0.2, 0.25) is 5.02 Å². The highest BCUT2D eigenvalue weighted by atomic mass is 35.5. The minimum atomic E-state index is -0.0594. The zero-order chi connectivity index (χ0) is 22.0. The van der Waals surface area contributed by atoms with E-state index >= 15 is 0 Å². The molecule has 0 aliphatic heterocycles. The molecule has 2 heterocycles. The van der Waals surface area contributed by atoms with Gasteiger partial charge in [0.15, 0.2) is 0 Å². The molecule has 8 heteroatoms. The van der Waals surface area contributed by atoms with E-state index in [9.17, 15) is 4.79 Å². The van der Waals surface area contributed by atoms with Crippen molar-refractivity contribution in [2.24, 2.45) is 0 Å². The van der Waals surface area contributed by atoms with Crippen LogP contribution in [0.25, 0.3) is 16.6 Å². The quantitative estimate of drug-likeness (QED) is 0.426. The van der Waals surface area contributed by atoms with Crippen LogP contribution in [0.4, 0.5) is 0 Å². The van der Waals surface area contributed by atoms with Gasteiger partial charge in [-0.3, -0.25) is 4.79 Å². The SMILES string of the molecule is Cc1cccc(CNC(=O)CSc2nnc(C)c3c(C)n(-c4ccc(Cl)cc4)nc23)c1. The molecule has 0 aliphatic carbocycles. The van der Waals surface area contributed by atoms with Gasteiger partial charge in [-0.25, -0.2) is 4.68 Å². The molecule has 0 saturated carbocycles. The average molecular weight is 452 g/mol. The van der Waals surface area contributed by atoms with E-state index in [0.29, 0.717) is 16.6 Å². The standard InChI is InChI=1S/C23H22ClN5OS/c1-14-5-4-6-17(11-14)12-25-20(30)13-31-23-22-21(15(2)26-27-23)16(3)29(28-22)19-9-7-18(24)8-10-19/h4-11H,12-13H2,1-3H3,(H,25,30). The molecule has 0 spiro atoms. The number of carbonyl (C=O) groups excluding carboxylic acids is 1. The Kier molecular flexibility index (Phi) is 6.25. The summed E-state index contributed by atoms with van der Waals surface area (Å²) in [5.41, 5.74) is 5.68. The number of amides is 1. The van der Waals surface area contributed by atoms with Gasteiger partial charge in [0.25, 0.3) is 0 Å². The van der Waals surface area contributed by atoms with Crippen molar-refractivity contribution < 1.29 is 4.79 Å². The average Bonchev–Trinajstić information content (AvgIpc) is 3.10. The van der Waals surface area contributed by atoms with Crippen LogP contribution in [0, 0.1) is 20.8 Å². The predicted molar refractivity (Wildman–Crippen MR) is 125 cm³/mol. The fourth-order valence-corrected chi connectivity index (χ4v) is 4.32. The fraction of sp³-hybridized carbons (Fsp3) is 0.217. The van der Waals surface area contributed by atoms with Crippen LogP contribution in [0.15, 0.2) is 53.6 Å². The number of nitrogens with one attached hydrogen (secondary N) is 1. The number of benzene rings is 2. The first kappa shape index (κ1) is 21.3. The lowest BCUT2D eigenvalue weighted by Gasteiger charge is -2.06. The van der Waals surface area contributed by atoms with Crippen molar-refractivity contribution in [2.75, 3.05) is 5.75 Å². The van der Waals surface area contributed by atoms with E-state index in [4.69, 9.17) is 16.7 Å². The number of halogens is 1. The molecule has 4 rings (SSSR count). The second kappa shape index (κ2) is 9.08. The van der Waals surface area contributed by atoms with Crippen molar-refractivity contribution in [3.8, 4) is 5.69 Å². The van der Waals surface area contributed by atoms with E-state index in [1.807, 2.05) is 67.9 Å². The molecule has 31 heavy (non-hydrogen) atoms. The summed E-state index contributed by atoms with van der Waals surface area (Å²) >= 11 is 7.36. The summed E-state index contributed by atoms with van der Waals surface area (Å²) in [5.74, 6) is 0.182. The lowest BCUT2D eigenvalue weighted by Crippen LogP contribution is -2.24. The number of hydrogen-bond acceptors (Lipinski definition) is 5. The number of hydrogen-bond donors (Lipinski definition) is 1. The fourth-order valence-electron chi connectivity index (χ4n) is 3.44. The third kappa shape index (κ3) is 4.73. The lowest BCUT2D eigenvalue weighted by atomic mass is 10.1. The molecular weight excluding hydrogens is 430 g/mol. The van der Waals surface area contributed by atoms with E-state index in [1.54, 1.807) is 0 Å². The minimum absolute atomic E-state index is 0.0594. The summed E-state index contributed by atoms with van der Waals surface area (Å²) in [7, 11) is 0. The number of aromatic nitrogens is 4. The minimum Gasteiger partial charge on any atom is -0.351 e. The predicted octanol–water partition coefficient (Wildman–Crippen LogP) is 4.80. The largest absolute Gasteiger partial charge is 0.351 e. The summed E-state index contributed by atoms with van der Waals surface area (Å²) in [4.78, 5) is 12.4. The van der Waals surface area contributed by atoms with Gasteiger partial charge in [0, 0.05) is 17.0 Å². The maximum atomic E-state index is 12.4. The third-order valence-corrected chi connectivity index (χ3v) is 6.16. The first-order valence-corrected chi connectivity index (χ1v) is 11.2. The monoisotopic (exact) mass is 451 g/mol. The molecule has 0 bridgehead atoms. The van der Waals surface area contributed by atoms with Crippen LogP contribution in [-0.2, 0) is 11.3 Å². The molecule has 0 aliphatic rings. The first-order chi connectivity index (χ1) is 14.9. The summed E-state index contributed by atoms with van der Waals surface area (Å²) in [6.07, 6.45) is 0. The Morgan fingerprint density at radius 2 is 1.87 bits per heavy atom.